The van der Waals surface area contributed by atoms with Gasteiger partial charge in [0.15, 0.2) is 5.16 Å². The van der Waals surface area contributed by atoms with Crippen molar-refractivity contribution in [3.63, 3.8) is 0 Å². The van der Waals surface area contributed by atoms with Crippen LogP contribution in [-0.4, -0.2) is 36.9 Å². The van der Waals surface area contributed by atoms with E-state index < -0.39 is 0 Å². The second kappa shape index (κ2) is 10.1. The maximum Gasteiger partial charge on any atom is 0.262 e. The molecule has 1 aromatic carbocycles. The van der Waals surface area contributed by atoms with E-state index in [-0.39, 0.29) is 23.3 Å². The number of benzene rings is 1. The average Bonchev–Trinajstić information content (AvgIpc) is 3.22. The van der Waals surface area contributed by atoms with Crippen LogP contribution >= 0.6 is 11.8 Å². The van der Waals surface area contributed by atoms with Gasteiger partial charge in [-0.2, -0.15) is 0 Å². The second-order valence-electron chi connectivity index (χ2n) is 9.03. The molecule has 1 aliphatic carbocycles. The molecule has 0 spiro atoms. The lowest BCUT2D eigenvalue weighted by molar-refractivity contribution is -0.120. The number of hydrogen-bond donors (Lipinski definition) is 1. The van der Waals surface area contributed by atoms with E-state index in [1.807, 2.05) is 28.7 Å². The molecule has 4 rings (SSSR count). The lowest BCUT2D eigenvalue weighted by atomic mass is 9.78. The highest BCUT2D eigenvalue weighted by Gasteiger charge is 2.28. The van der Waals surface area contributed by atoms with Crippen molar-refractivity contribution in [1.29, 1.82) is 0 Å². The summed E-state index contributed by atoms with van der Waals surface area (Å²) in [5.41, 5.74) is 0.744. The predicted octanol–water partition coefficient (Wildman–Crippen LogP) is 4.27. The van der Waals surface area contributed by atoms with E-state index in [4.69, 9.17) is 0 Å². The van der Waals surface area contributed by atoms with Crippen molar-refractivity contribution in [3.8, 4) is 0 Å². The van der Waals surface area contributed by atoms with Crippen molar-refractivity contribution in [1.82, 2.24) is 24.5 Å². The summed E-state index contributed by atoms with van der Waals surface area (Å²) >= 11 is 1.37. The third kappa shape index (κ3) is 4.56. The van der Waals surface area contributed by atoms with Gasteiger partial charge in [-0.05, 0) is 36.8 Å². The zero-order valence-corrected chi connectivity index (χ0v) is 20.0. The van der Waals surface area contributed by atoms with Gasteiger partial charge in [-0.3, -0.25) is 18.6 Å². The molecule has 1 fully saturated rings. The van der Waals surface area contributed by atoms with E-state index in [9.17, 15) is 9.59 Å². The number of rotatable bonds is 8. The topological polar surface area (TPSA) is 81.3 Å². The van der Waals surface area contributed by atoms with Crippen LogP contribution in [0.3, 0.4) is 0 Å². The van der Waals surface area contributed by atoms with Crippen molar-refractivity contribution in [2.24, 2.45) is 11.8 Å². The van der Waals surface area contributed by atoms with E-state index in [0.29, 0.717) is 34.7 Å². The summed E-state index contributed by atoms with van der Waals surface area (Å²) in [6, 6.07) is 7.80. The molecule has 2 heterocycles. The zero-order valence-electron chi connectivity index (χ0n) is 19.2. The van der Waals surface area contributed by atoms with Gasteiger partial charge in [0.05, 0.1) is 16.7 Å². The third-order valence-corrected chi connectivity index (χ3v) is 7.78. The number of fused-ring (bicyclic) bond motifs is 3. The summed E-state index contributed by atoms with van der Waals surface area (Å²) in [6.07, 6.45) is 6.51. The van der Waals surface area contributed by atoms with Gasteiger partial charge in [-0.25, -0.2) is 0 Å². The maximum absolute atomic E-state index is 13.1. The smallest absolute Gasteiger partial charge is 0.262 e. The molecular formula is C24H33N5O2S. The molecule has 0 bridgehead atoms. The van der Waals surface area contributed by atoms with Crippen LogP contribution < -0.4 is 10.9 Å². The molecular weight excluding hydrogens is 422 g/mol. The Morgan fingerprint density at radius 2 is 2.00 bits per heavy atom. The predicted molar refractivity (Wildman–Crippen MR) is 129 cm³/mol. The van der Waals surface area contributed by atoms with Crippen molar-refractivity contribution < 1.29 is 4.79 Å². The Labute approximate surface area is 193 Å². The fourth-order valence-corrected chi connectivity index (χ4v) is 5.46. The van der Waals surface area contributed by atoms with Crippen LogP contribution in [0.2, 0.25) is 0 Å². The Morgan fingerprint density at radius 3 is 2.81 bits per heavy atom. The first-order valence-corrected chi connectivity index (χ1v) is 12.8. The number of hydrogen-bond acceptors (Lipinski definition) is 5. The van der Waals surface area contributed by atoms with E-state index in [2.05, 4.69) is 36.3 Å². The molecule has 2 aromatic heterocycles. The summed E-state index contributed by atoms with van der Waals surface area (Å²) < 4.78 is 3.64. The number of carbonyl (C=O) groups excluding carboxylic acids is 1. The van der Waals surface area contributed by atoms with Gasteiger partial charge in [0.25, 0.3) is 5.56 Å². The van der Waals surface area contributed by atoms with Gasteiger partial charge in [-0.15, -0.1) is 10.2 Å². The molecule has 1 aliphatic rings. The molecule has 3 aromatic rings. The van der Waals surface area contributed by atoms with Crippen LogP contribution in [0, 0.1) is 11.8 Å². The van der Waals surface area contributed by atoms with Crippen molar-refractivity contribution in [3.05, 3.63) is 34.6 Å². The van der Waals surface area contributed by atoms with Crippen LogP contribution in [0.4, 0.5) is 0 Å². The van der Waals surface area contributed by atoms with Gasteiger partial charge >= 0.3 is 0 Å². The van der Waals surface area contributed by atoms with Crippen LogP contribution in [-0.2, 0) is 11.3 Å². The summed E-state index contributed by atoms with van der Waals surface area (Å²) in [5.74, 6) is 1.98. The SMILES string of the molecule is CCCCCn1c(=O)c2ccccc2n2c(SCC(=O)NC3CCCC(C)C3C)nnc12. The average molecular weight is 456 g/mol. The number of unbranched alkanes of at least 4 members (excludes halogenated alkanes) is 2. The van der Waals surface area contributed by atoms with Crippen LogP contribution in [0.15, 0.2) is 34.2 Å². The van der Waals surface area contributed by atoms with Gasteiger partial charge in [-0.1, -0.05) is 70.3 Å². The quantitative estimate of drug-likeness (QED) is 0.405. The Kier molecular flexibility index (Phi) is 7.18. The first kappa shape index (κ1) is 22.8. The number of aryl methyl sites for hydroxylation is 1. The number of nitrogens with one attached hydrogen (secondary N) is 1. The van der Waals surface area contributed by atoms with E-state index in [1.54, 1.807) is 4.57 Å². The molecule has 0 saturated heterocycles. The molecule has 1 amide bonds. The largest absolute Gasteiger partial charge is 0.352 e. The molecule has 3 unspecified atom stereocenters. The molecule has 0 aliphatic heterocycles. The third-order valence-electron chi connectivity index (χ3n) is 6.85. The zero-order chi connectivity index (χ0) is 22.7. The minimum Gasteiger partial charge on any atom is -0.352 e. The maximum atomic E-state index is 13.1. The summed E-state index contributed by atoms with van der Waals surface area (Å²) in [6.45, 7) is 7.26. The molecule has 3 atom stereocenters. The lowest BCUT2D eigenvalue weighted by Gasteiger charge is -2.34. The van der Waals surface area contributed by atoms with E-state index in [0.717, 1.165) is 31.2 Å². The number of thioether (sulfide) groups is 1. The molecule has 32 heavy (non-hydrogen) atoms. The first-order chi connectivity index (χ1) is 15.5. The van der Waals surface area contributed by atoms with Crippen LogP contribution in [0.25, 0.3) is 16.7 Å². The highest BCUT2D eigenvalue weighted by Crippen LogP contribution is 2.29. The fraction of sp³-hybridized carbons (Fsp3) is 0.583. The summed E-state index contributed by atoms with van der Waals surface area (Å²) in [7, 11) is 0. The minimum atomic E-state index is -0.0358. The monoisotopic (exact) mass is 455 g/mol. The second-order valence-corrected chi connectivity index (χ2v) is 9.97. The lowest BCUT2D eigenvalue weighted by Crippen LogP contribution is -2.44. The Morgan fingerprint density at radius 1 is 1.19 bits per heavy atom. The first-order valence-electron chi connectivity index (χ1n) is 11.8. The summed E-state index contributed by atoms with van der Waals surface area (Å²) in [5, 5.41) is 13.2. The normalized spacial score (nSPS) is 21.3. The molecule has 1 N–H and O–H groups in total. The number of nitrogens with zero attached hydrogens (tertiary/aromatic N) is 4. The molecule has 8 heteroatoms. The van der Waals surface area contributed by atoms with Gasteiger partial charge in [0, 0.05) is 12.6 Å². The number of amides is 1. The van der Waals surface area contributed by atoms with E-state index in [1.165, 1.54) is 24.6 Å². The van der Waals surface area contributed by atoms with Crippen molar-refractivity contribution in [2.75, 3.05) is 5.75 Å². The Balaban J connectivity index is 1.58. The molecule has 0 radical (unpaired) electrons. The van der Waals surface area contributed by atoms with Crippen molar-refractivity contribution in [2.45, 2.75) is 77.0 Å². The number of aromatic nitrogens is 4. The van der Waals surface area contributed by atoms with Gasteiger partial charge in [0.1, 0.15) is 0 Å². The van der Waals surface area contributed by atoms with Crippen molar-refractivity contribution >= 4 is 34.3 Å². The standard InChI is InChI=1S/C24H33N5O2S/c1-4-5-8-14-28-22(31)18-11-6-7-13-20(18)29-23(28)26-27-24(29)32-15-21(30)25-19-12-9-10-16(2)17(19)3/h6-7,11,13,16-17,19H,4-5,8-10,12,14-15H2,1-3H3,(H,25,30). The molecule has 172 valence electrons. The molecule has 1 saturated carbocycles. The van der Waals surface area contributed by atoms with Gasteiger partial charge < -0.3 is 5.32 Å². The highest BCUT2D eigenvalue weighted by atomic mass is 32.2. The van der Waals surface area contributed by atoms with Crippen LogP contribution in [0.1, 0.15) is 59.3 Å². The van der Waals surface area contributed by atoms with Gasteiger partial charge in [0.2, 0.25) is 11.7 Å². The fourth-order valence-electron chi connectivity index (χ4n) is 4.71. The van der Waals surface area contributed by atoms with E-state index >= 15 is 0 Å². The summed E-state index contributed by atoms with van der Waals surface area (Å²) in [4.78, 5) is 25.8. The van der Waals surface area contributed by atoms with Crippen LogP contribution in [0.5, 0.6) is 0 Å². The Hall–Kier alpha value is -2.35. The Bertz CT molecular complexity index is 1150. The highest BCUT2D eigenvalue weighted by molar-refractivity contribution is 7.99. The number of carbonyl (C=O) groups is 1. The number of para-hydroxylation sites is 1. The minimum absolute atomic E-state index is 0.0262. The molecule has 7 nitrogen and oxygen atoms in total.